The molecule has 10 aromatic carbocycles. The lowest BCUT2D eigenvalue weighted by molar-refractivity contribution is 1.27. The second kappa shape index (κ2) is 18.8. The molecule has 0 unspecified atom stereocenters. The van der Waals surface area contributed by atoms with E-state index in [4.69, 9.17) is 0 Å². The van der Waals surface area contributed by atoms with Crippen molar-refractivity contribution >= 4 is 51.2 Å². The van der Waals surface area contributed by atoms with Crippen molar-refractivity contribution in [2.75, 3.05) is 14.7 Å². The first kappa shape index (κ1) is 41.6. The Bertz CT molecular complexity index is 2790. The first-order valence-electron chi connectivity index (χ1n) is 22.7. The van der Waals surface area contributed by atoms with Crippen LogP contribution >= 0.6 is 0 Å². The summed E-state index contributed by atoms with van der Waals surface area (Å²) < 4.78 is 0. The molecule has 0 aliphatic rings. The minimum absolute atomic E-state index is 1.10. The van der Waals surface area contributed by atoms with E-state index in [0.29, 0.717) is 0 Å². The van der Waals surface area contributed by atoms with Gasteiger partial charge in [-0.1, -0.05) is 144 Å². The van der Waals surface area contributed by atoms with E-state index in [2.05, 4.69) is 290 Å². The Labute approximate surface area is 389 Å². The highest BCUT2D eigenvalue weighted by Crippen LogP contribution is 2.41. The second-order valence-electron chi connectivity index (χ2n) is 17.0. The van der Waals surface area contributed by atoms with Gasteiger partial charge in [-0.3, -0.25) is 0 Å². The number of nitrogens with zero attached hydrogens (tertiary/aromatic N) is 3. The van der Waals surface area contributed by atoms with Crippen molar-refractivity contribution < 1.29 is 0 Å². The molecule has 10 rings (SSSR count). The van der Waals surface area contributed by atoms with E-state index in [1.807, 2.05) is 0 Å². The third-order valence-corrected chi connectivity index (χ3v) is 12.2. The fourth-order valence-corrected chi connectivity index (χ4v) is 8.69. The van der Waals surface area contributed by atoms with Gasteiger partial charge in [0.1, 0.15) is 0 Å². The molecule has 3 nitrogen and oxygen atoms in total. The van der Waals surface area contributed by atoms with Gasteiger partial charge < -0.3 is 14.7 Å². The Kier molecular flexibility index (Phi) is 11.8. The molecule has 0 aromatic heterocycles. The Morgan fingerprint density at radius 3 is 0.576 bits per heavy atom. The highest BCUT2D eigenvalue weighted by atomic mass is 15.2. The molecule has 0 aliphatic carbocycles. The van der Waals surface area contributed by atoms with Crippen LogP contribution in [0.4, 0.5) is 51.2 Å². The van der Waals surface area contributed by atoms with Crippen LogP contribution in [0, 0.1) is 20.8 Å². The largest absolute Gasteiger partial charge is 0.311 e. The Balaban J connectivity index is 1.05. The maximum absolute atomic E-state index is 2.33. The van der Waals surface area contributed by atoms with Crippen LogP contribution in [0.1, 0.15) is 16.7 Å². The van der Waals surface area contributed by atoms with E-state index in [9.17, 15) is 0 Å². The van der Waals surface area contributed by atoms with E-state index >= 15 is 0 Å². The minimum atomic E-state index is 1.10. The number of benzene rings is 10. The molecule has 0 N–H and O–H groups in total. The van der Waals surface area contributed by atoms with Crippen LogP contribution in [-0.2, 0) is 0 Å². The van der Waals surface area contributed by atoms with Crippen molar-refractivity contribution in [2.24, 2.45) is 0 Å². The topological polar surface area (TPSA) is 9.72 Å². The summed E-state index contributed by atoms with van der Waals surface area (Å²) in [5.41, 5.74) is 20.6. The molecule has 10 aromatic rings. The Hall–Kier alpha value is -8.40. The van der Waals surface area contributed by atoms with Gasteiger partial charge in [0.05, 0.1) is 0 Å². The smallest absolute Gasteiger partial charge is 0.0462 e. The van der Waals surface area contributed by atoms with Gasteiger partial charge in [-0.2, -0.15) is 0 Å². The zero-order valence-corrected chi connectivity index (χ0v) is 37.6. The lowest BCUT2D eigenvalue weighted by atomic mass is 9.93. The summed E-state index contributed by atoms with van der Waals surface area (Å²) >= 11 is 0. The van der Waals surface area contributed by atoms with E-state index in [1.54, 1.807) is 0 Å². The lowest BCUT2D eigenvalue weighted by Crippen LogP contribution is -2.09. The quantitative estimate of drug-likeness (QED) is 0.121. The fraction of sp³-hybridized carbons (Fsp3) is 0.0476. The van der Waals surface area contributed by atoms with Crippen molar-refractivity contribution in [3.05, 3.63) is 271 Å². The molecule has 0 bridgehead atoms. The monoisotopic (exact) mass is 849 g/mol. The van der Waals surface area contributed by atoms with Crippen LogP contribution in [0.25, 0.3) is 33.4 Å². The van der Waals surface area contributed by atoms with Crippen molar-refractivity contribution in [1.29, 1.82) is 0 Å². The summed E-state index contributed by atoms with van der Waals surface area (Å²) in [7, 11) is 0. The van der Waals surface area contributed by atoms with Gasteiger partial charge in [-0.15, -0.1) is 0 Å². The molecule has 318 valence electrons. The SMILES string of the molecule is Cc1ccc(N(c2ccccc2)c2ccc(-c3cc(-c4ccc(N(c5ccccc5)c5ccc(C)cc5)cc4)cc(-c4ccc(N(c5ccccc5)c5ccc(C)cc5)cc4)c3)cc2)cc1. The van der Waals surface area contributed by atoms with Crippen molar-refractivity contribution in [3.8, 4) is 33.4 Å². The first-order chi connectivity index (χ1) is 32.4. The zero-order chi connectivity index (χ0) is 44.8. The molecule has 0 spiro atoms. The van der Waals surface area contributed by atoms with Crippen LogP contribution in [0.3, 0.4) is 0 Å². The molecule has 0 atom stereocenters. The molecule has 3 heteroatoms. The summed E-state index contributed by atoms with van der Waals surface area (Å²) in [6.07, 6.45) is 0. The van der Waals surface area contributed by atoms with Gasteiger partial charge in [0, 0.05) is 51.2 Å². The standard InChI is InChI=1S/C63H51N3/c1-46-19-31-58(32-20-46)64(55-13-7-4-8-14-55)61-37-25-49(26-38-61)52-43-53(50-27-39-62(40-28-50)65(56-15-9-5-10-16-56)59-33-21-47(2)22-34-59)45-54(44-52)51-29-41-63(42-30-51)66(57-17-11-6-12-18-57)60-35-23-48(3)24-36-60/h4-45H,1-3H3. The maximum atomic E-state index is 2.33. The van der Waals surface area contributed by atoms with Gasteiger partial charge in [0.2, 0.25) is 0 Å². The summed E-state index contributed by atoms with van der Waals surface area (Å²) in [4.78, 5) is 6.95. The Morgan fingerprint density at radius 1 is 0.182 bits per heavy atom. The van der Waals surface area contributed by atoms with Gasteiger partial charge in [-0.25, -0.2) is 0 Å². The van der Waals surface area contributed by atoms with Crippen molar-refractivity contribution in [1.82, 2.24) is 0 Å². The summed E-state index contributed by atoms with van der Waals surface area (Å²) in [5, 5.41) is 0. The molecule has 0 amide bonds. The summed E-state index contributed by atoms with van der Waals surface area (Å²) in [5.74, 6) is 0. The highest BCUT2D eigenvalue weighted by molar-refractivity contribution is 5.86. The average Bonchev–Trinajstić information content (AvgIpc) is 3.37. The molecule has 66 heavy (non-hydrogen) atoms. The minimum Gasteiger partial charge on any atom is -0.311 e. The van der Waals surface area contributed by atoms with Gasteiger partial charge in [0.15, 0.2) is 0 Å². The lowest BCUT2D eigenvalue weighted by Gasteiger charge is -2.26. The number of rotatable bonds is 12. The second-order valence-corrected chi connectivity index (χ2v) is 17.0. The third-order valence-electron chi connectivity index (χ3n) is 12.2. The van der Waals surface area contributed by atoms with E-state index in [-0.39, 0.29) is 0 Å². The molecule has 0 saturated carbocycles. The summed E-state index contributed by atoms with van der Waals surface area (Å²) in [6.45, 7) is 6.39. The number of para-hydroxylation sites is 3. The Morgan fingerprint density at radius 2 is 0.364 bits per heavy atom. The predicted octanol–water partition coefficient (Wildman–Crippen LogP) is 18.0. The van der Waals surface area contributed by atoms with Crippen molar-refractivity contribution in [3.63, 3.8) is 0 Å². The molecule has 0 heterocycles. The molecule has 0 fully saturated rings. The van der Waals surface area contributed by atoms with Gasteiger partial charge in [-0.05, 0) is 182 Å². The van der Waals surface area contributed by atoms with Gasteiger partial charge in [0.25, 0.3) is 0 Å². The number of hydrogen-bond acceptors (Lipinski definition) is 3. The van der Waals surface area contributed by atoms with Gasteiger partial charge >= 0.3 is 0 Å². The number of hydrogen-bond donors (Lipinski definition) is 0. The van der Waals surface area contributed by atoms with Crippen LogP contribution in [0.5, 0.6) is 0 Å². The number of anilines is 9. The molecule has 0 saturated heterocycles. The average molecular weight is 850 g/mol. The highest BCUT2D eigenvalue weighted by Gasteiger charge is 2.17. The first-order valence-corrected chi connectivity index (χ1v) is 22.7. The van der Waals surface area contributed by atoms with Crippen LogP contribution in [0.15, 0.2) is 255 Å². The molecular formula is C63H51N3. The summed E-state index contributed by atoms with van der Waals surface area (Å²) in [6, 6.07) is 92.0. The van der Waals surface area contributed by atoms with E-state index < -0.39 is 0 Å². The van der Waals surface area contributed by atoms with Crippen LogP contribution < -0.4 is 14.7 Å². The predicted molar refractivity (Wildman–Crippen MR) is 281 cm³/mol. The molecule has 0 radical (unpaired) electrons. The van der Waals surface area contributed by atoms with E-state index in [0.717, 1.165) is 84.6 Å². The molecule has 0 aliphatic heterocycles. The van der Waals surface area contributed by atoms with Crippen LogP contribution in [0.2, 0.25) is 0 Å². The normalized spacial score (nSPS) is 11.0. The van der Waals surface area contributed by atoms with E-state index in [1.165, 1.54) is 16.7 Å². The van der Waals surface area contributed by atoms with Crippen LogP contribution in [-0.4, -0.2) is 0 Å². The van der Waals surface area contributed by atoms with Crippen molar-refractivity contribution in [2.45, 2.75) is 20.8 Å². The molecular weight excluding hydrogens is 799 g/mol. The zero-order valence-electron chi connectivity index (χ0n) is 37.6. The number of aryl methyl sites for hydroxylation is 3. The fourth-order valence-electron chi connectivity index (χ4n) is 8.69. The maximum Gasteiger partial charge on any atom is 0.0462 e. The third kappa shape index (κ3) is 9.01.